The Morgan fingerprint density at radius 2 is 1.95 bits per heavy atom. The number of nitrogens with zero attached hydrogens (tertiary/aromatic N) is 2. The SMILES string of the molecule is Cc1cc(CNCC(C)C)nc(-c2ccccc2Br)n1. The maximum Gasteiger partial charge on any atom is 0.160 e. The lowest BCUT2D eigenvalue weighted by atomic mass is 10.2. The fraction of sp³-hybridized carbons (Fsp3) is 0.375. The van der Waals surface area contributed by atoms with Crippen LogP contribution in [0, 0.1) is 12.8 Å². The second-order valence-corrected chi connectivity index (χ2v) is 6.18. The van der Waals surface area contributed by atoms with Gasteiger partial charge in [0.1, 0.15) is 0 Å². The molecule has 0 saturated heterocycles. The van der Waals surface area contributed by atoms with Gasteiger partial charge in [0, 0.05) is 22.3 Å². The van der Waals surface area contributed by atoms with E-state index in [-0.39, 0.29) is 0 Å². The number of benzene rings is 1. The number of hydrogen-bond donors (Lipinski definition) is 1. The fourth-order valence-electron chi connectivity index (χ4n) is 1.98. The number of rotatable bonds is 5. The fourth-order valence-corrected chi connectivity index (χ4v) is 2.44. The first-order chi connectivity index (χ1) is 9.56. The molecule has 20 heavy (non-hydrogen) atoms. The van der Waals surface area contributed by atoms with Gasteiger partial charge in [-0.05, 0) is 31.5 Å². The highest BCUT2D eigenvalue weighted by atomic mass is 79.9. The van der Waals surface area contributed by atoms with Crippen LogP contribution in [0.25, 0.3) is 11.4 Å². The highest BCUT2D eigenvalue weighted by Crippen LogP contribution is 2.25. The lowest BCUT2D eigenvalue weighted by molar-refractivity contribution is 0.548. The molecule has 0 bridgehead atoms. The van der Waals surface area contributed by atoms with E-state index in [1.807, 2.05) is 37.3 Å². The monoisotopic (exact) mass is 333 g/mol. The van der Waals surface area contributed by atoms with Gasteiger partial charge in [0.25, 0.3) is 0 Å². The normalized spacial score (nSPS) is 11.1. The smallest absolute Gasteiger partial charge is 0.160 e. The van der Waals surface area contributed by atoms with Crippen LogP contribution in [-0.2, 0) is 6.54 Å². The van der Waals surface area contributed by atoms with E-state index in [4.69, 9.17) is 0 Å². The van der Waals surface area contributed by atoms with E-state index in [1.54, 1.807) is 0 Å². The maximum atomic E-state index is 4.66. The summed E-state index contributed by atoms with van der Waals surface area (Å²) in [6, 6.07) is 10.1. The largest absolute Gasteiger partial charge is 0.311 e. The van der Waals surface area contributed by atoms with Crippen LogP contribution >= 0.6 is 15.9 Å². The molecule has 1 aromatic heterocycles. The summed E-state index contributed by atoms with van der Waals surface area (Å²) >= 11 is 3.56. The molecule has 0 aliphatic carbocycles. The first kappa shape index (κ1) is 15.1. The van der Waals surface area contributed by atoms with Crippen LogP contribution in [0.4, 0.5) is 0 Å². The topological polar surface area (TPSA) is 37.8 Å². The van der Waals surface area contributed by atoms with Crippen molar-refractivity contribution in [2.75, 3.05) is 6.54 Å². The Labute approximate surface area is 129 Å². The Hall–Kier alpha value is -1.26. The number of nitrogens with one attached hydrogen (secondary N) is 1. The molecule has 2 rings (SSSR count). The van der Waals surface area contributed by atoms with Gasteiger partial charge in [-0.25, -0.2) is 9.97 Å². The van der Waals surface area contributed by atoms with Crippen LogP contribution in [-0.4, -0.2) is 16.5 Å². The summed E-state index contributed by atoms with van der Waals surface area (Å²) in [4.78, 5) is 9.20. The second-order valence-electron chi connectivity index (χ2n) is 5.33. The zero-order chi connectivity index (χ0) is 14.5. The zero-order valence-electron chi connectivity index (χ0n) is 12.2. The van der Waals surface area contributed by atoms with Gasteiger partial charge in [-0.1, -0.05) is 48.0 Å². The molecule has 1 aromatic carbocycles. The molecule has 2 aromatic rings. The molecule has 0 spiro atoms. The summed E-state index contributed by atoms with van der Waals surface area (Å²) in [6.45, 7) is 8.18. The van der Waals surface area contributed by atoms with Gasteiger partial charge < -0.3 is 5.32 Å². The third-order valence-electron chi connectivity index (χ3n) is 2.88. The highest BCUT2D eigenvalue weighted by Gasteiger charge is 2.08. The van der Waals surface area contributed by atoms with Gasteiger partial charge >= 0.3 is 0 Å². The van der Waals surface area contributed by atoms with E-state index in [9.17, 15) is 0 Å². The first-order valence-corrected chi connectivity index (χ1v) is 7.65. The predicted molar refractivity (Wildman–Crippen MR) is 86.4 cm³/mol. The summed E-state index contributed by atoms with van der Waals surface area (Å²) in [5.74, 6) is 1.42. The lowest BCUT2D eigenvalue weighted by Gasteiger charge is -2.10. The summed E-state index contributed by atoms with van der Waals surface area (Å²) in [6.07, 6.45) is 0. The Morgan fingerprint density at radius 3 is 2.65 bits per heavy atom. The third kappa shape index (κ3) is 4.12. The first-order valence-electron chi connectivity index (χ1n) is 6.86. The number of aromatic nitrogens is 2. The van der Waals surface area contributed by atoms with Crippen LogP contribution < -0.4 is 5.32 Å². The minimum Gasteiger partial charge on any atom is -0.311 e. The predicted octanol–water partition coefficient (Wildman–Crippen LogP) is 3.96. The van der Waals surface area contributed by atoms with E-state index in [0.717, 1.165) is 40.3 Å². The van der Waals surface area contributed by atoms with Crippen molar-refractivity contribution in [1.82, 2.24) is 15.3 Å². The Kier molecular flexibility index (Phi) is 5.26. The molecule has 0 amide bonds. The van der Waals surface area contributed by atoms with Crippen molar-refractivity contribution in [3.05, 3.63) is 46.2 Å². The summed E-state index contributed by atoms with van der Waals surface area (Å²) < 4.78 is 1.02. The van der Waals surface area contributed by atoms with Gasteiger partial charge in [0.15, 0.2) is 5.82 Å². The molecule has 0 fully saturated rings. The van der Waals surface area contributed by atoms with Crippen molar-refractivity contribution in [2.24, 2.45) is 5.92 Å². The zero-order valence-corrected chi connectivity index (χ0v) is 13.7. The minimum absolute atomic E-state index is 0.640. The van der Waals surface area contributed by atoms with Crippen LogP contribution in [0.5, 0.6) is 0 Å². The van der Waals surface area contributed by atoms with E-state index in [0.29, 0.717) is 5.92 Å². The molecule has 3 nitrogen and oxygen atoms in total. The molecule has 106 valence electrons. The second kappa shape index (κ2) is 6.95. The molecule has 1 heterocycles. The molecule has 0 aliphatic heterocycles. The van der Waals surface area contributed by atoms with Crippen LogP contribution in [0.1, 0.15) is 25.2 Å². The van der Waals surface area contributed by atoms with E-state index >= 15 is 0 Å². The average Bonchev–Trinajstić information content (AvgIpc) is 2.38. The Balaban J connectivity index is 2.23. The standard InChI is InChI=1S/C16H20BrN3/c1-11(2)9-18-10-13-8-12(3)19-16(20-13)14-6-4-5-7-15(14)17/h4-8,11,18H,9-10H2,1-3H3. The average molecular weight is 334 g/mol. The summed E-state index contributed by atoms with van der Waals surface area (Å²) in [5, 5.41) is 3.42. The van der Waals surface area contributed by atoms with Crippen molar-refractivity contribution in [2.45, 2.75) is 27.3 Å². The van der Waals surface area contributed by atoms with Crippen LogP contribution in [0.15, 0.2) is 34.8 Å². The third-order valence-corrected chi connectivity index (χ3v) is 3.57. The van der Waals surface area contributed by atoms with E-state index in [2.05, 4.69) is 45.1 Å². The number of halogens is 1. The molecular weight excluding hydrogens is 314 g/mol. The van der Waals surface area contributed by atoms with Gasteiger partial charge in [-0.2, -0.15) is 0 Å². The summed E-state index contributed by atoms with van der Waals surface area (Å²) in [5.41, 5.74) is 3.05. The molecule has 1 N–H and O–H groups in total. The van der Waals surface area contributed by atoms with Crippen LogP contribution in [0.2, 0.25) is 0 Å². The van der Waals surface area contributed by atoms with Gasteiger partial charge in [-0.15, -0.1) is 0 Å². The Bertz CT molecular complexity index is 582. The van der Waals surface area contributed by atoms with Crippen molar-refractivity contribution in [1.29, 1.82) is 0 Å². The number of aryl methyl sites for hydroxylation is 1. The Morgan fingerprint density at radius 1 is 1.20 bits per heavy atom. The van der Waals surface area contributed by atoms with Crippen LogP contribution in [0.3, 0.4) is 0 Å². The molecule has 0 saturated carbocycles. The molecule has 0 unspecified atom stereocenters. The van der Waals surface area contributed by atoms with E-state index in [1.165, 1.54) is 0 Å². The van der Waals surface area contributed by atoms with Gasteiger partial charge in [0.2, 0.25) is 0 Å². The number of hydrogen-bond acceptors (Lipinski definition) is 3. The van der Waals surface area contributed by atoms with Crippen molar-refractivity contribution in [3.63, 3.8) is 0 Å². The van der Waals surface area contributed by atoms with Gasteiger partial charge in [0.05, 0.1) is 5.69 Å². The quantitative estimate of drug-likeness (QED) is 0.899. The summed E-state index contributed by atoms with van der Waals surface area (Å²) in [7, 11) is 0. The van der Waals surface area contributed by atoms with E-state index < -0.39 is 0 Å². The minimum atomic E-state index is 0.640. The highest BCUT2D eigenvalue weighted by molar-refractivity contribution is 9.10. The van der Waals surface area contributed by atoms with Crippen molar-refractivity contribution < 1.29 is 0 Å². The van der Waals surface area contributed by atoms with Crippen molar-refractivity contribution in [3.8, 4) is 11.4 Å². The molecule has 0 aliphatic rings. The molecule has 0 atom stereocenters. The molecule has 0 radical (unpaired) electrons. The van der Waals surface area contributed by atoms with Gasteiger partial charge in [-0.3, -0.25) is 0 Å². The molecular formula is C16H20BrN3. The lowest BCUT2D eigenvalue weighted by Crippen LogP contribution is -2.20. The van der Waals surface area contributed by atoms with Crippen molar-refractivity contribution >= 4 is 15.9 Å². The molecule has 4 heteroatoms. The maximum absolute atomic E-state index is 4.66.